The zero-order chi connectivity index (χ0) is 10.8. The van der Waals surface area contributed by atoms with Gasteiger partial charge in [0.15, 0.2) is 0 Å². The molecule has 5 heteroatoms. The van der Waals surface area contributed by atoms with E-state index in [1.165, 1.54) is 0 Å². The molecule has 0 fully saturated rings. The maximum atomic E-state index is 8.90. The summed E-state index contributed by atoms with van der Waals surface area (Å²) in [5, 5.41) is 24.3. The first kappa shape index (κ1) is 18.8. The summed E-state index contributed by atoms with van der Waals surface area (Å²) in [5.74, 6) is 0. The molecule has 2 atom stereocenters. The Morgan fingerprint density at radius 1 is 0.867 bits per heavy atom. The molecule has 0 aliphatic heterocycles. The second-order valence-electron chi connectivity index (χ2n) is 3.48. The zero-order valence-corrected chi connectivity index (χ0v) is 9.29. The van der Waals surface area contributed by atoms with Crippen molar-refractivity contribution in [3.05, 3.63) is 0 Å². The third-order valence-electron chi connectivity index (χ3n) is 2.42. The standard InChI is InChI=1S/C10H24N2O2.K.H/c1-3-9(7-13)11-5-6-12-10(4-2)8-14;;/h9-14H,3-8H2,1-2H3;;. The van der Waals surface area contributed by atoms with Crippen molar-refractivity contribution in [2.75, 3.05) is 26.3 Å². The second-order valence-corrected chi connectivity index (χ2v) is 3.48. The monoisotopic (exact) mass is 244 g/mol. The van der Waals surface area contributed by atoms with E-state index in [4.69, 9.17) is 10.2 Å². The molecular formula is C10H25KN2O2. The molecule has 4 nitrogen and oxygen atoms in total. The maximum absolute atomic E-state index is 8.90. The molecule has 0 bridgehead atoms. The van der Waals surface area contributed by atoms with E-state index in [2.05, 4.69) is 10.6 Å². The molecule has 0 spiro atoms. The quantitative estimate of drug-likeness (QED) is 0.312. The SMILES string of the molecule is CCC(CO)NCCNC(CC)CO.[KH]. The minimum atomic E-state index is 0. The Labute approximate surface area is 136 Å². The number of aliphatic hydroxyl groups is 2. The van der Waals surface area contributed by atoms with Crippen LogP contribution in [0.1, 0.15) is 26.7 Å². The summed E-state index contributed by atoms with van der Waals surface area (Å²) >= 11 is 0. The van der Waals surface area contributed by atoms with Gasteiger partial charge in [-0.25, -0.2) is 0 Å². The van der Waals surface area contributed by atoms with E-state index in [9.17, 15) is 0 Å². The summed E-state index contributed by atoms with van der Waals surface area (Å²) in [6, 6.07) is 0.400. The van der Waals surface area contributed by atoms with E-state index >= 15 is 0 Å². The van der Waals surface area contributed by atoms with E-state index < -0.39 is 0 Å². The molecule has 88 valence electrons. The summed E-state index contributed by atoms with van der Waals surface area (Å²) in [7, 11) is 0. The fourth-order valence-corrected chi connectivity index (χ4v) is 1.23. The van der Waals surface area contributed by atoms with Crippen LogP contribution >= 0.6 is 0 Å². The van der Waals surface area contributed by atoms with Gasteiger partial charge >= 0.3 is 51.4 Å². The third kappa shape index (κ3) is 10.4. The fraction of sp³-hybridized carbons (Fsp3) is 1.00. The van der Waals surface area contributed by atoms with E-state index in [1.54, 1.807) is 0 Å². The zero-order valence-electron chi connectivity index (χ0n) is 9.29. The molecule has 2 unspecified atom stereocenters. The molecule has 0 aromatic heterocycles. The number of nitrogens with one attached hydrogen (secondary N) is 2. The molecule has 15 heavy (non-hydrogen) atoms. The topological polar surface area (TPSA) is 64.5 Å². The second kappa shape index (κ2) is 13.5. The summed E-state index contributed by atoms with van der Waals surface area (Å²) in [6.45, 7) is 6.13. The molecule has 0 saturated heterocycles. The summed E-state index contributed by atoms with van der Waals surface area (Å²) in [4.78, 5) is 0. The van der Waals surface area contributed by atoms with Crippen LogP contribution in [-0.2, 0) is 0 Å². The van der Waals surface area contributed by atoms with E-state index in [-0.39, 0.29) is 76.7 Å². The van der Waals surface area contributed by atoms with E-state index in [0.717, 1.165) is 25.9 Å². The van der Waals surface area contributed by atoms with Gasteiger partial charge in [0.05, 0.1) is 13.2 Å². The van der Waals surface area contributed by atoms with Gasteiger partial charge in [0.25, 0.3) is 0 Å². The Bertz CT molecular complexity index is 106. The molecule has 0 amide bonds. The number of hydrogen-bond acceptors (Lipinski definition) is 4. The molecule has 0 radical (unpaired) electrons. The molecule has 0 aromatic carbocycles. The van der Waals surface area contributed by atoms with Gasteiger partial charge in [0, 0.05) is 25.2 Å². The van der Waals surface area contributed by atoms with Crippen molar-refractivity contribution >= 4 is 51.4 Å². The Kier molecular flexibility index (Phi) is 17.0. The first-order valence-electron chi connectivity index (χ1n) is 5.46. The average Bonchev–Trinajstić information content (AvgIpc) is 2.24. The molecule has 0 aliphatic carbocycles. The van der Waals surface area contributed by atoms with Crippen molar-refractivity contribution in [3.8, 4) is 0 Å². The molecule has 0 saturated carbocycles. The van der Waals surface area contributed by atoms with Crippen LogP contribution in [0.5, 0.6) is 0 Å². The molecular weight excluding hydrogens is 219 g/mol. The van der Waals surface area contributed by atoms with Crippen molar-refractivity contribution in [3.63, 3.8) is 0 Å². The minimum absolute atomic E-state index is 0. The van der Waals surface area contributed by atoms with Gasteiger partial charge in [0.1, 0.15) is 0 Å². The van der Waals surface area contributed by atoms with Gasteiger partial charge in [-0.15, -0.1) is 0 Å². The van der Waals surface area contributed by atoms with Crippen LogP contribution in [-0.4, -0.2) is 100.0 Å². The average molecular weight is 244 g/mol. The molecule has 4 N–H and O–H groups in total. The Hall–Kier alpha value is 1.48. The Balaban J connectivity index is 0. The van der Waals surface area contributed by atoms with Crippen molar-refractivity contribution in [1.82, 2.24) is 10.6 Å². The van der Waals surface area contributed by atoms with Crippen LogP contribution in [0.4, 0.5) is 0 Å². The number of rotatable bonds is 9. The summed E-state index contributed by atoms with van der Waals surface area (Å²) < 4.78 is 0. The fourth-order valence-electron chi connectivity index (χ4n) is 1.23. The van der Waals surface area contributed by atoms with Gasteiger partial charge < -0.3 is 20.8 Å². The predicted octanol–water partition coefficient (Wildman–Crippen LogP) is -0.941. The van der Waals surface area contributed by atoms with Crippen LogP contribution in [0, 0.1) is 0 Å². The van der Waals surface area contributed by atoms with Gasteiger partial charge in [-0.2, -0.15) is 0 Å². The predicted molar refractivity (Wildman–Crippen MR) is 65.5 cm³/mol. The molecule has 0 heterocycles. The van der Waals surface area contributed by atoms with Crippen LogP contribution < -0.4 is 10.6 Å². The van der Waals surface area contributed by atoms with Gasteiger partial charge in [-0.1, -0.05) is 13.8 Å². The Morgan fingerprint density at radius 2 is 1.20 bits per heavy atom. The normalized spacial score (nSPS) is 14.4. The third-order valence-corrected chi connectivity index (χ3v) is 2.42. The van der Waals surface area contributed by atoms with Crippen LogP contribution in [0.2, 0.25) is 0 Å². The first-order chi connectivity index (χ1) is 6.78. The van der Waals surface area contributed by atoms with Crippen LogP contribution in [0.3, 0.4) is 0 Å². The van der Waals surface area contributed by atoms with Crippen molar-refractivity contribution in [2.24, 2.45) is 0 Å². The van der Waals surface area contributed by atoms with E-state index in [1.807, 2.05) is 13.8 Å². The number of aliphatic hydroxyl groups excluding tert-OH is 2. The van der Waals surface area contributed by atoms with Crippen molar-refractivity contribution in [1.29, 1.82) is 0 Å². The van der Waals surface area contributed by atoms with Crippen LogP contribution in [0.25, 0.3) is 0 Å². The molecule has 0 aromatic rings. The van der Waals surface area contributed by atoms with Crippen LogP contribution in [0.15, 0.2) is 0 Å². The van der Waals surface area contributed by atoms with Crippen molar-refractivity contribution in [2.45, 2.75) is 38.8 Å². The van der Waals surface area contributed by atoms with E-state index in [0.29, 0.717) is 0 Å². The molecule has 0 rings (SSSR count). The summed E-state index contributed by atoms with van der Waals surface area (Å²) in [5.41, 5.74) is 0. The first-order valence-corrected chi connectivity index (χ1v) is 5.46. The Morgan fingerprint density at radius 3 is 1.40 bits per heavy atom. The van der Waals surface area contributed by atoms with Gasteiger partial charge in [-0.3, -0.25) is 0 Å². The van der Waals surface area contributed by atoms with Gasteiger partial charge in [-0.05, 0) is 12.8 Å². The number of hydrogen-bond donors (Lipinski definition) is 4. The molecule has 0 aliphatic rings. The summed E-state index contributed by atoms with van der Waals surface area (Å²) in [6.07, 6.45) is 1.88. The van der Waals surface area contributed by atoms with Gasteiger partial charge in [0.2, 0.25) is 0 Å². The van der Waals surface area contributed by atoms with Crippen molar-refractivity contribution < 1.29 is 10.2 Å².